The van der Waals surface area contributed by atoms with Gasteiger partial charge >= 0.3 is 0 Å². The van der Waals surface area contributed by atoms with Gasteiger partial charge in [-0.05, 0) is 42.5 Å². The summed E-state index contributed by atoms with van der Waals surface area (Å²) in [5.41, 5.74) is 1.93. The van der Waals surface area contributed by atoms with Crippen molar-refractivity contribution in [3.8, 4) is 0 Å². The van der Waals surface area contributed by atoms with Crippen molar-refractivity contribution < 1.29 is 14.5 Å². The lowest BCUT2D eigenvalue weighted by Crippen LogP contribution is -2.16. The van der Waals surface area contributed by atoms with Crippen molar-refractivity contribution >= 4 is 51.4 Å². The van der Waals surface area contributed by atoms with Gasteiger partial charge in [-0.1, -0.05) is 23.7 Å². The Balaban J connectivity index is 1.59. The molecule has 0 spiro atoms. The zero-order valence-electron chi connectivity index (χ0n) is 15.9. The monoisotopic (exact) mass is 434 g/mol. The number of nitro benzene ring substituents is 1. The van der Waals surface area contributed by atoms with E-state index in [1.54, 1.807) is 54.6 Å². The molecule has 9 heteroatoms. The molecule has 8 nitrogen and oxygen atoms in total. The number of anilines is 2. The van der Waals surface area contributed by atoms with E-state index in [1.807, 2.05) is 0 Å². The third kappa shape index (κ3) is 4.24. The number of halogens is 1. The van der Waals surface area contributed by atoms with Crippen LogP contribution in [0.4, 0.5) is 17.1 Å². The molecule has 1 aromatic heterocycles. The highest BCUT2D eigenvalue weighted by Gasteiger charge is 2.17. The Labute approximate surface area is 181 Å². The van der Waals surface area contributed by atoms with Crippen molar-refractivity contribution in [3.63, 3.8) is 0 Å². The molecule has 0 aliphatic heterocycles. The molecule has 0 atom stereocenters. The number of para-hydroxylation sites is 2. The summed E-state index contributed by atoms with van der Waals surface area (Å²) in [4.78, 5) is 38.9. The van der Waals surface area contributed by atoms with Gasteiger partial charge in [-0.25, -0.2) is 0 Å². The van der Waals surface area contributed by atoms with E-state index in [0.717, 1.165) is 0 Å². The zero-order valence-corrected chi connectivity index (χ0v) is 16.6. The fraction of sp³-hybridized carbons (Fsp3) is 0. The number of fused-ring (bicyclic) bond motifs is 1. The number of nitrogens with zero attached hydrogens (tertiary/aromatic N) is 1. The second kappa shape index (κ2) is 8.29. The lowest BCUT2D eigenvalue weighted by Gasteiger charge is -2.12. The van der Waals surface area contributed by atoms with E-state index in [0.29, 0.717) is 32.9 Å². The number of aromatic nitrogens is 1. The van der Waals surface area contributed by atoms with Crippen LogP contribution in [-0.4, -0.2) is 21.7 Å². The van der Waals surface area contributed by atoms with Crippen molar-refractivity contribution in [1.82, 2.24) is 4.98 Å². The van der Waals surface area contributed by atoms with Crippen molar-refractivity contribution in [2.24, 2.45) is 0 Å². The number of non-ortho nitro benzene ring substituents is 1. The van der Waals surface area contributed by atoms with Crippen LogP contribution in [0.25, 0.3) is 10.9 Å². The quantitative estimate of drug-likeness (QED) is 0.294. The highest BCUT2D eigenvalue weighted by atomic mass is 35.5. The Morgan fingerprint density at radius 2 is 1.55 bits per heavy atom. The summed E-state index contributed by atoms with van der Waals surface area (Å²) in [6, 6.07) is 17.4. The molecule has 0 unspecified atom stereocenters. The molecule has 4 aromatic rings. The van der Waals surface area contributed by atoms with Gasteiger partial charge < -0.3 is 15.6 Å². The van der Waals surface area contributed by atoms with Crippen molar-refractivity contribution in [1.29, 1.82) is 0 Å². The number of nitrogens with one attached hydrogen (secondary N) is 3. The Hall–Kier alpha value is -4.17. The van der Waals surface area contributed by atoms with E-state index in [9.17, 15) is 19.7 Å². The summed E-state index contributed by atoms with van der Waals surface area (Å²) < 4.78 is 0. The van der Waals surface area contributed by atoms with Crippen LogP contribution in [-0.2, 0) is 0 Å². The largest absolute Gasteiger partial charge is 0.360 e. The SMILES string of the molecule is O=C(Nc1ccccc1NC(=O)c1c[nH]c2ccc([N+](=O)[O-])cc12)c1ccc(Cl)cc1. The summed E-state index contributed by atoms with van der Waals surface area (Å²) >= 11 is 5.86. The Kier molecular flexibility index (Phi) is 5.38. The minimum absolute atomic E-state index is 0.114. The number of carbonyl (C=O) groups is 2. The maximum absolute atomic E-state index is 12.9. The molecule has 0 saturated heterocycles. The van der Waals surface area contributed by atoms with Crippen molar-refractivity contribution in [2.75, 3.05) is 10.6 Å². The first-order chi connectivity index (χ1) is 14.9. The standard InChI is InChI=1S/C22H15ClN4O4/c23-14-7-5-13(6-8-14)21(28)25-19-3-1-2-4-20(19)26-22(29)17-12-24-18-10-9-15(27(30)31)11-16(17)18/h1-12,24H,(H,25,28)(H,26,29). The van der Waals surface area contributed by atoms with Crippen LogP contribution < -0.4 is 10.6 Å². The molecule has 0 saturated carbocycles. The molecule has 2 amide bonds. The average molecular weight is 435 g/mol. The third-order valence-corrected chi connectivity index (χ3v) is 4.90. The van der Waals surface area contributed by atoms with Gasteiger partial charge in [-0.2, -0.15) is 0 Å². The number of benzene rings is 3. The number of amides is 2. The minimum Gasteiger partial charge on any atom is -0.360 e. The van der Waals surface area contributed by atoms with Crippen molar-refractivity contribution in [3.05, 3.63) is 99.2 Å². The number of nitro groups is 1. The van der Waals surface area contributed by atoms with Gasteiger partial charge in [0.05, 0.1) is 21.9 Å². The fourth-order valence-electron chi connectivity index (χ4n) is 3.10. The van der Waals surface area contributed by atoms with Crippen LogP contribution in [0, 0.1) is 10.1 Å². The summed E-state index contributed by atoms with van der Waals surface area (Å²) in [6.07, 6.45) is 1.48. The Morgan fingerprint density at radius 3 is 2.19 bits per heavy atom. The number of hydrogen-bond donors (Lipinski definition) is 3. The van der Waals surface area contributed by atoms with E-state index in [4.69, 9.17) is 11.6 Å². The van der Waals surface area contributed by atoms with Gasteiger partial charge in [-0.3, -0.25) is 19.7 Å². The lowest BCUT2D eigenvalue weighted by molar-refractivity contribution is -0.384. The fourth-order valence-corrected chi connectivity index (χ4v) is 3.22. The molecule has 0 aliphatic rings. The topological polar surface area (TPSA) is 117 Å². The Bertz CT molecular complexity index is 1310. The van der Waals surface area contributed by atoms with Crippen LogP contribution in [0.1, 0.15) is 20.7 Å². The Morgan fingerprint density at radius 1 is 0.903 bits per heavy atom. The molecule has 0 aliphatic carbocycles. The summed E-state index contributed by atoms with van der Waals surface area (Å²) in [5.74, 6) is -0.832. The number of hydrogen-bond acceptors (Lipinski definition) is 4. The second-order valence-electron chi connectivity index (χ2n) is 6.65. The molecule has 3 aromatic carbocycles. The van der Waals surface area contributed by atoms with Crippen LogP contribution in [0.5, 0.6) is 0 Å². The molecule has 31 heavy (non-hydrogen) atoms. The predicted molar refractivity (Wildman–Crippen MR) is 119 cm³/mol. The second-order valence-corrected chi connectivity index (χ2v) is 7.09. The third-order valence-electron chi connectivity index (χ3n) is 4.65. The summed E-state index contributed by atoms with van der Waals surface area (Å²) in [7, 11) is 0. The van der Waals surface area contributed by atoms with Gasteiger partial charge in [0.25, 0.3) is 17.5 Å². The molecular weight excluding hydrogens is 420 g/mol. The van der Waals surface area contributed by atoms with E-state index in [-0.39, 0.29) is 17.2 Å². The van der Waals surface area contributed by atoms with E-state index in [1.165, 1.54) is 18.3 Å². The number of carbonyl (C=O) groups excluding carboxylic acids is 2. The highest BCUT2D eigenvalue weighted by molar-refractivity contribution is 6.30. The molecule has 0 bridgehead atoms. The maximum Gasteiger partial charge on any atom is 0.270 e. The van der Waals surface area contributed by atoms with Crippen LogP contribution in [0.2, 0.25) is 5.02 Å². The van der Waals surface area contributed by atoms with Crippen molar-refractivity contribution in [2.45, 2.75) is 0 Å². The zero-order chi connectivity index (χ0) is 22.0. The van der Waals surface area contributed by atoms with Gasteiger partial charge in [0.1, 0.15) is 0 Å². The first-order valence-electron chi connectivity index (χ1n) is 9.15. The minimum atomic E-state index is -0.518. The highest BCUT2D eigenvalue weighted by Crippen LogP contribution is 2.27. The van der Waals surface area contributed by atoms with E-state index >= 15 is 0 Å². The number of aromatic amines is 1. The van der Waals surface area contributed by atoms with Crippen LogP contribution in [0.15, 0.2) is 72.9 Å². The first-order valence-corrected chi connectivity index (χ1v) is 9.53. The smallest absolute Gasteiger partial charge is 0.270 e. The maximum atomic E-state index is 12.9. The molecule has 154 valence electrons. The molecule has 1 heterocycles. The van der Waals surface area contributed by atoms with E-state index < -0.39 is 10.8 Å². The number of H-pyrrole nitrogens is 1. The summed E-state index contributed by atoms with van der Waals surface area (Å²) in [5, 5.41) is 17.5. The first kappa shape index (κ1) is 20.1. The lowest BCUT2D eigenvalue weighted by atomic mass is 10.1. The van der Waals surface area contributed by atoms with Gasteiger partial charge in [-0.15, -0.1) is 0 Å². The average Bonchev–Trinajstić information content (AvgIpc) is 3.19. The number of rotatable bonds is 5. The predicted octanol–water partition coefficient (Wildman–Crippen LogP) is 5.23. The normalized spacial score (nSPS) is 10.6. The van der Waals surface area contributed by atoms with Gasteiger partial charge in [0.15, 0.2) is 0 Å². The molecular formula is C22H15ClN4O4. The van der Waals surface area contributed by atoms with E-state index in [2.05, 4.69) is 15.6 Å². The molecule has 4 rings (SSSR count). The van der Waals surface area contributed by atoms with Crippen LogP contribution >= 0.6 is 11.6 Å². The summed E-state index contributed by atoms with van der Waals surface area (Å²) in [6.45, 7) is 0. The van der Waals surface area contributed by atoms with Gasteiger partial charge in [0, 0.05) is 39.8 Å². The molecule has 0 fully saturated rings. The van der Waals surface area contributed by atoms with Crippen LogP contribution in [0.3, 0.4) is 0 Å². The molecule has 3 N–H and O–H groups in total. The molecule has 0 radical (unpaired) electrons. The van der Waals surface area contributed by atoms with Gasteiger partial charge in [0.2, 0.25) is 0 Å².